The number of rotatable bonds is 10. The van der Waals surface area contributed by atoms with Crippen molar-refractivity contribution in [3.05, 3.63) is 83.6 Å². The van der Waals surface area contributed by atoms with Gasteiger partial charge < -0.3 is 9.30 Å². The lowest BCUT2D eigenvalue weighted by molar-refractivity contribution is 0.205. The minimum Gasteiger partial charge on any atom is -0.492 e. The topological polar surface area (TPSA) is 39.1 Å². The summed E-state index contributed by atoms with van der Waals surface area (Å²) >= 11 is 1.65. The summed E-state index contributed by atoms with van der Waals surface area (Å²) in [6, 6.07) is 0.212. The highest BCUT2D eigenvalue weighted by Crippen LogP contribution is 2.23. The Morgan fingerprint density at radius 2 is 2.13 bits per heavy atom. The summed E-state index contributed by atoms with van der Waals surface area (Å²) in [6.45, 7) is 16.9. The van der Waals surface area contributed by atoms with Crippen LogP contribution in [0.2, 0.25) is 0 Å². The number of allylic oxidation sites excluding steroid dienone is 9. The average molecular weight is 428 g/mol. The second kappa shape index (κ2) is 14.7. The van der Waals surface area contributed by atoms with Gasteiger partial charge in [0.25, 0.3) is 0 Å². The van der Waals surface area contributed by atoms with E-state index in [2.05, 4.69) is 61.4 Å². The summed E-state index contributed by atoms with van der Waals surface area (Å²) in [6.07, 6.45) is 19.9. The van der Waals surface area contributed by atoms with E-state index in [0.717, 1.165) is 18.6 Å². The minimum absolute atomic E-state index is 0.212. The maximum absolute atomic E-state index is 5.98. The number of imidazole rings is 1. The normalized spacial score (nSPS) is 15.4. The first-order valence-corrected chi connectivity index (χ1v) is 11.4. The molecule has 0 spiro atoms. The second-order valence-electron chi connectivity index (χ2n) is 6.94. The standard InChI is InChI=1S/C23H31N3OS.C2H6/c1-6-23(19(4)11-10-18(2)3)28-25-20(5)16-27-22-9-7-8-21(12-13-22)26-15-14-24-17-26;1-2/h6-7,9,11-15,17,20,25H,2,8,10,16H2,1,3-5H3;1-2H3/b19-11?,23-6-;. The number of hydrogen-bond donors (Lipinski definition) is 1. The zero-order valence-corrected chi connectivity index (χ0v) is 20.1. The molecule has 1 unspecified atom stereocenters. The van der Waals surface area contributed by atoms with Crippen molar-refractivity contribution in [2.75, 3.05) is 6.61 Å². The lowest BCUT2D eigenvalue weighted by Crippen LogP contribution is -2.25. The van der Waals surface area contributed by atoms with Crippen LogP contribution in [-0.4, -0.2) is 22.2 Å². The Balaban J connectivity index is 0.00000218. The van der Waals surface area contributed by atoms with E-state index in [1.807, 2.05) is 50.0 Å². The van der Waals surface area contributed by atoms with Crippen molar-refractivity contribution in [3.63, 3.8) is 0 Å². The molecule has 0 saturated carbocycles. The highest BCUT2D eigenvalue weighted by Gasteiger charge is 2.08. The van der Waals surface area contributed by atoms with Crippen molar-refractivity contribution in [2.45, 2.75) is 60.4 Å². The van der Waals surface area contributed by atoms with Gasteiger partial charge >= 0.3 is 0 Å². The van der Waals surface area contributed by atoms with Crippen LogP contribution >= 0.6 is 11.9 Å². The van der Waals surface area contributed by atoms with Crippen molar-refractivity contribution < 1.29 is 4.74 Å². The van der Waals surface area contributed by atoms with E-state index < -0.39 is 0 Å². The molecular weight excluding hydrogens is 390 g/mol. The van der Waals surface area contributed by atoms with E-state index >= 15 is 0 Å². The highest BCUT2D eigenvalue weighted by atomic mass is 32.2. The summed E-state index contributed by atoms with van der Waals surface area (Å²) in [7, 11) is 0. The Kier molecular flexibility index (Phi) is 12.6. The largest absolute Gasteiger partial charge is 0.492 e. The van der Waals surface area contributed by atoms with Crippen LogP contribution < -0.4 is 4.72 Å². The molecule has 0 radical (unpaired) electrons. The first kappa shape index (κ1) is 25.8. The predicted octanol–water partition coefficient (Wildman–Crippen LogP) is 7.05. The molecule has 0 saturated heterocycles. The first-order valence-electron chi connectivity index (χ1n) is 10.6. The van der Waals surface area contributed by atoms with Gasteiger partial charge in [-0.2, -0.15) is 0 Å². The molecule has 0 aromatic carbocycles. The smallest absolute Gasteiger partial charge is 0.119 e. The number of hydrogen-bond acceptors (Lipinski definition) is 4. The van der Waals surface area contributed by atoms with Crippen molar-refractivity contribution in [3.8, 4) is 0 Å². The lowest BCUT2D eigenvalue weighted by Gasteiger charge is -2.16. The molecule has 30 heavy (non-hydrogen) atoms. The molecule has 4 nitrogen and oxygen atoms in total. The Labute approximate surface area is 187 Å². The van der Waals surface area contributed by atoms with Crippen molar-refractivity contribution in [1.82, 2.24) is 14.3 Å². The van der Waals surface area contributed by atoms with Crippen molar-refractivity contribution in [1.29, 1.82) is 0 Å². The summed E-state index contributed by atoms with van der Waals surface area (Å²) in [5, 5.41) is 0. The van der Waals surface area contributed by atoms with Gasteiger partial charge in [0.05, 0.1) is 6.33 Å². The zero-order chi connectivity index (χ0) is 22.4. The quantitative estimate of drug-likeness (QED) is 0.247. The molecular formula is C25H37N3OS. The van der Waals surface area contributed by atoms with E-state index in [4.69, 9.17) is 4.74 Å². The highest BCUT2D eigenvalue weighted by molar-refractivity contribution is 8.01. The van der Waals surface area contributed by atoms with Gasteiger partial charge in [-0.3, -0.25) is 4.72 Å². The van der Waals surface area contributed by atoms with Crippen LogP contribution in [0.25, 0.3) is 5.70 Å². The van der Waals surface area contributed by atoms with Gasteiger partial charge in [-0.25, -0.2) is 4.98 Å². The monoisotopic (exact) mass is 427 g/mol. The summed E-state index contributed by atoms with van der Waals surface area (Å²) in [5.41, 5.74) is 3.61. The van der Waals surface area contributed by atoms with Crippen LogP contribution in [0.1, 0.15) is 54.4 Å². The molecule has 2 rings (SSSR count). The fourth-order valence-electron chi connectivity index (χ4n) is 2.53. The fraction of sp³-hybridized carbons (Fsp3) is 0.400. The molecule has 5 heteroatoms. The second-order valence-corrected chi connectivity index (χ2v) is 7.82. The molecule has 1 heterocycles. The molecule has 164 valence electrons. The first-order chi connectivity index (χ1) is 14.5. The van der Waals surface area contributed by atoms with Crippen LogP contribution in [-0.2, 0) is 4.74 Å². The van der Waals surface area contributed by atoms with Gasteiger partial charge in [-0.15, -0.1) is 0 Å². The van der Waals surface area contributed by atoms with E-state index in [-0.39, 0.29) is 6.04 Å². The molecule has 0 fully saturated rings. The predicted molar refractivity (Wildman–Crippen MR) is 133 cm³/mol. The molecule has 1 aliphatic carbocycles. The average Bonchev–Trinajstić information content (AvgIpc) is 3.18. The summed E-state index contributed by atoms with van der Waals surface area (Å²) < 4.78 is 11.5. The molecule has 0 amide bonds. The SMILES string of the molecule is C=C(C)CC=C(C)/C(=C/C)SNC(C)COC1=CC=C(n2ccnc2)CC=C1.CC. The van der Waals surface area contributed by atoms with Gasteiger partial charge in [-0.05, 0) is 69.9 Å². The van der Waals surface area contributed by atoms with Crippen LogP contribution in [0.4, 0.5) is 0 Å². The third-order valence-electron chi connectivity index (χ3n) is 4.16. The number of ether oxygens (including phenoxy) is 1. The molecule has 0 bridgehead atoms. The van der Waals surface area contributed by atoms with Gasteiger partial charge in [0, 0.05) is 35.5 Å². The number of nitrogens with zero attached hydrogens (tertiary/aromatic N) is 2. The maximum atomic E-state index is 5.98. The number of aromatic nitrogens is 2. The van der Waals surface area contributed by atoms with E-state index in [9.17, 15) is 0 Å². The van der Waals surface area contributed by atoms with Gasteiger partial charge in [0.15, 0.2) is 0 Å². The van der Waals surface area contributed by atoms with Crippen LogP contribution in [0.3, 0.4) is 0 Å². The fourth-order valence-corrected chi connectivity index (χ4v) is 3.29. The third-order valence-corrected chi connectivity index (χ3v) is 5.46. The van der Waals surface area contributed by atoms with E-state index in [1.54, 1.807) is 18.1 Å². The number of nitrogens with one attached hydrogen (secondary N) is 1. The molecule has 1 atom stereocenters. The summed E-state index contributed by atoms with van der Waals surface area (Å²) in [4.78, 5) is 5.33. The Hall–Kier alpha value is -2.24. The maximum Gasteiger partial charge on any atom is 0.119 e. The third kappa shape index (κ3) is 9.51. The van der Waals surface area contributed by atoms with Crippen molar-refractivity contribution in [2.24, 2.45) is 0 Å². The Morgan fingerprint density at radius 3 is 2.77 bits per heavy atom. The van der Waals surface area contributed by atoms with Crippen LogP contribution in [0, 0.1) is 0 Å². The van der Waals surface area contributed by atoms with Crippen LogP contribution in [0.5, 0.6) is 0 Å². The Bertz CT molecular complexity index is 798. The molecule has 1 aromatic rings. The van der Waals surface area contributed by atoms with E-state index in [0.29, 0.717) is 6.61 Å². The van der Waals surface area contributed by atoms with Crippen molar-refractivity contribution >= 4 is 17.6 Å². The van der Waals surface area contributed by atoms with Crippen LogP contribution in [0.15, 0.2) is 83.6 Å². The molecule has 0 aliphatic heterocycles. The van der Waals surface area contributed by atoms with Gasteiger partial charge in [0.2, 0.25) is 0 Å². The van der Waals surface area contributed by atoms with Gasteiger partial charge in [-0.1, -0.05) is 44.2 Å². The van der Waals surface area contributed by atoms with Gasteiger partial charge in [0.1, 0.15) is 12.4 Å². The van der Waals surface area contributed by atoms with E-state index in [1.165, 1.54) is 21.7 Å². The molecule has 1 aliphatic rings. The molecule has 1 aromatic heterocycles. The lowest BCUT2D eigenvalue weighted by atomic mass is 10.1. The molecule has 1 N–H and O–H groups in total. The Morgan fingerprint density at radius 1 is 1.37 bits per heavy atom. The minimum atomic E-state index is 0.212. The summed E-state index contributed by atoms with van der Waals surface area (Å²) in [5.74, 6) is 0.873. The zero-order valence-electron chi connectivity index (χ0n) is 19.3.